The molecule has 0 atom stereocenters. The summed E-state index contributed by atoms with van der Waals surface area (Å²) in [6.45, 7) is 3.45. The monoisotopic (exact) mass is 216 g/mol. The average molecular weight is 216 g/mol. The SMILES string of the molecule is C/C(=C\C=C(/C)c1cccnc1)C(=O)N=O. The van der Waals surface area contributed by atoms with Crippen molar-refractivity contribution >= 4 is 11.5 Å². The molecule has 1 aromatic rings. The van der Waals surface area contributed by atoms with Gasteiger partial charge in [0.1, 0.15) is 0 Å². The van der Waals surface area contributed by atoms with Crippen molar-refractivity contribution in [3.05, 3.63) is 52.7 Å². The molecule has 0 aromatic carbocycles. The van der Waals surface area contributed by atoms with E-state index < -0.39 is 5.91 Å². The van der Waals surface area contributed by atoms with Crippen LogP contribution < -0.4 is 0 Å². The van der Waals surface area contributed by atoms with Crippen LogP contribution in [0.2, 0.25) is 0 Å². The number of amides is 1. The summed E-state index contributed by atoms with van der Waals surface area (Å²) in [5.74, 6) is -0.741. The van der Waals surface area contributed by atoms with Crippen LogP contribution in [0.4, 0.5) is 0 Å². The molecule has 1 heterocycles. The van der Waals surface area contributed by atoms with E-state index in [-0.39, 0.29) is 0 Å². The van der Waals surface area contributed by atoms with Gasteiger partial charge in [-0.25, -0.2) is 0 Å². The van der Waals surface area contributed by atoms with Crippen LogP contribution in [0.25, 0.3) is 5.57 Å². The molecule has 0 aliphatic heterocycles. The van der Waals surface area contributed by atoms with Gasteiger partial charge in [0.2, 0.25) is 0 Å². The molecule has 0 bridgehead atoms. The third-order valence-corrected chi connectivity index (χ3v) is 2.12. The van der Waals surface area contributed by atoms with Crippen LogP contribution in [0.3, 0.4) is 0 Å². The van der Waals surface area contributed by atoms with Crippen LogP contribution in [-0.2, 0) is 4.79 Å². The van der Waals surface area contributed by atoms with E-state index >= 15 is 0 Å². The minimum Gasteiger partial charge on any atom is -0.264 e. The Balaban J connectivity index is 2.87. The lowest BCUT2D eigenvalue weighted by atomic mass is 10.1. The van der Waals surface area contributed by atoms with Gasteiger partial charge in [0, 0.05) is 23.1 Å². The topological polar surface area (TPSA) is 59.4 Å². The first kappa shape index (κ1) is 12.0. The summed E-state index contributed by atoms with van der Waals surface area (Å²) in [6, 6.07) is 3.75. The van der Waals surface area contributed by atoms with Crippen LogP contribution in [-0.4, -0.2) is 10.9 Å². The molecule has 0 spiro atoms. The molecule has 1 rings (SSSR count). The highest BCUT2D eigenvalue weighted by Gasteiger charge is 2.01. The van der Waals surface area contributed by atoms with Crippen LogP contribution >= 0.6 is 0 Å². The van der Waals surface area contributed by atoms with E-state index in [2.05, 4.69) is 10.2 Å². The number of hydrogen-bond acceptors (Lipinski definition) is 3. The van der Waals surface area contributed by atoms with Gasteiger partial charge in [-0.1, -0.05) is 18.2 Å². The molecule has 1 aromatic heterocycles. The normalized spacial score (nSPS) is 12.4. The maximum absolute atomic E-state index is 10.9. The molecule has 1 amide bonds. The zero-order valence-electron chi connectivity index (χ0n) is 9.18. The van der Waals surface area contributed by atoms with Crippen LogP contribution in [0.1, 0.15) is 19.4 Å². The first-order chi connectivity index (χ1) is 7.65. The highest BCUT2D eigenvalue weighted by Crippen LogP contribution is 2.12. The van der Waals surface area contributed by atoms with Gasteiger partial charge in [0.25, 0.3) is 0 Å². The number of aromatic nitrogens is 1. The number of nitroso groups, excluding NO2 is 1. The number of rotatable bonds is 3. The maximum atomic E-state index is 10.9. The van der Waals surface area contributed by atoms with Gasteiger partial charge in [0.05, 0.1) is 0 Å². The Morgan fingerprint density at radius 1 is 1.38 bits per heavy atom. The lowest BCUT2D eigenvalue weighted by molar-refractivity contribution is -0.114. The van der Waals surface area contributed by atoms with Gasteiger partial charge in [-0.05, 0) is 31.1 Å². The van der Waals surface area contributed by atoms with E-state index in [1.54, 1.807) is 31.5 Å². The fourth-order valence-electron chi connectivity index (χ4n) is 1.09. The molecule has 4 heteroatoms. The highest BCUT2D eigenvalue weighted by atomic mass is 16.3. The quantitative estimate of drug-likeness (QED) is 0.443. The summed E-state index contributed by atoms with van der Waals surface area (Å²) < 4.78 is 0. The number of carbonyl (C=O) groups excluding carboxylic acids is 1. The van der Waals surface area contributed by atoms with Crippen molar-refractivity contribution in [1.29, 1.82) is 0 Å². The van der Waals surface area contributed by atoms with Crippen molar-refractivity contribution in [2.75, 3.05) is 0 Å². The number of carbonyl (C=O) groups is 1. The Kier molecular flexibility index (Phi) is 4.27. The van der Waals surface area contributed by atoms with Gasteiger partial charge >= 0.3 is 5.91 Å². The van der Waals surface area contributed by atoms with Crippen LogP contribution in [0, 0.1) is 4.91 Å². The molecule has 0 aliphatic rings. The molecule has 0 fully saturated rings. The summed E-state index contributed by atoms with van der Waals surface area (Å²) >= 11 is 0. The Labute approximate surface area is 93.7 Å². The van der Waals surface area contributed by atoms with E-state index in [1.165, 1.54) is 0 Å². The molecular weight excluding hydrogens is 204 g/mol. The van der Waals surface area contributed by atoms with Crippen molar-refractivity contribution in [3.8, 4) is 0 Å². The molecular formula is C12H12N2O2. The van der Waals surface area contributed by atoms with Gasteiger partial charge in [-0.2, -0.15) is 0 Å². The number of allylic oxidation sites excluding steroid dienone is 3. The molecule has 16 heavy (non-hydrogen) atoms. The third-order valence-electron chi connectivity index (χ3n) is 2.12. The highest BCUT2D eigenvalue weighted by molar-refractivity contribution is 5.93. The maximum Gasteiger partial charge on any atom is 0.312 e. The zero-order valence-corrected chi connectivity index (χ0v) is 9.18. The van der Waals surface area contributed by atoms with Gasteiger partial charge in [0.15, 0.2) is 0 Å². The standard InChI is InChI=1S/C12H12N2O2/c1-9(11-4-3-7-13-8-11)5-6-10(2)12(15)14-16/h3-8H,1-2H3/b9-5+,10-6+. The van der Waals surface area contributed by atoms with Gasteiger partial charge in [-0.15, -0.1) is 4.91 Å². The second-order valence-electron chi connectivity index (χ2n) is 3.34. The van der Waals surface area contributed by atoms with Crippen molar-refractivity contribution in [3.63, 3.8) is 0 Å². The average Bonchev–Trinajstić information content (AvgIpc) is 2.35. The summed E-state index contributed by atoms with van der Waals surface area (Å²) in [6.07, 6.45) is 6.76. The van der Waals surface area contributed by atoms with Gasteiger partial charge < -0.3 is 0 Å². The minimum absolute atomic E-state index is 0.318. The summed E-state index contributed by atoms with van der Waals surface area (Å²) in [5.41, 5.74) is 2.25. The summed E-state index contributed by atoms with van der Waals surface area (Å²) in [5, 5.41) is 2.34. The van der Waals surface area contributed by atoms with E-state index in [0.717, 1.165) is 11.1 Å². The van der Waals surface area contributed by atoms with Crippen molar-refractivity contribution < 1.29 is 4.79 Å². The minimum atomic E-state index is -0.741. The third kappa shape index (κ3) is 3.24. The summed E-state index contributed by atoms with van der Waals surface area (Å²) in [7, 11) is 0. The fourth-order valence-corrected chi connectivity index (χ4v) is 1.09. The fraction of sp³-hybridized carbons (Fsp3) is 0.167. The lowest BCUT2D eigenvalue weighted by Gasteiger charge is -1.98. The Bertz CT molecular complexity index is 447. The van der Waals surface area contributed by atoms with Crippen molar-refractivity contribution in [2.24, 2.45) is 5.18 Å². The van der Waals surface area contributed by atoms with E-state index in [4.69, 9.17) is 0 Å². The van der Waals surface area contributed by atoms with E-state index in [1.807, 2.05) is 19.1 Å². The smallest absolute Gasteiger partial charge is 0.264 e. The van der Waals surface area contributed by atoms with Gasteiger partial charge in [-0.3, -0.25) is 9.78 Å². The largest absolute Gasteiger partial charge is 0.312 e. The Morgan fingerprint density at radius 2 is 2.12 bits per heavy atom. The van der Waals surface area contributed by atoms with E-state index in [9.17, 15) is 9.70 Å². The lowest BCUT2D eigenvalue weighted by Crippen LogP contribution is -1.92. The van der Waals surface area contributed by atoms with Crippen LogP contribution in [0.5, 0.6) is 0 Å². The molecule has 0 saturated heterocycles. The number of pyridine rings is 1. The zero-order chi connectivity index (χ0) is 12.0. The Morgan fingerprint density at radius 3 is 2.69 bits per heavy atom. The predicted molar refractivity (Wildman–Crippen MR) is 62.4 cm³/mol. The predicted octanol–water partition coefficient (Wildman–Crippen LogP) is 2.72. The molecule has 4 nitrogen and oxygen atoms in total. The van der Waals surface area contributed by atoms with Crippen molar-refractivity contribution in [1.82, 2.24) is 4.98 Å². The first-order valence-electron chi connectivity index (χ1n) is 4.78. The second kappa shape index (κ2) is 5.70. The molecule has 0 aliphatic carbocycles. The molecule has 0 unspecified atom stereocenters. The molecule has 0 radical (unpaired) electrons. The molecule has 0 saturated carbocycles. The van der Waals surface area contributed by atoms with Crippen molar-refractivity contribution in [2.45, 2.75) is 13.8 Å². The van der Waals surface area contributed by atoms with E-state index in [0.29, 0.717) is 5.57 Å². The second-order valence-corrected chi connectivity index (χ2v) is 3.34. The van der Waals surface area contributed by atoms with Crippen LogP contribution in [0.15, 0.2) is 47.4 Å². The number of hydrogen-bond donors (Lipinski definition) is 0. The Hall–Kier alpha value is -2.10. The molecule has 82 valence electrons. The summed E-state index contributed by atoms with van der Waals surface area (Å²) in [4.78, 5) is 24.8. The number of nitrogens with zero attached hydrogens (tertiary/aromatic N) is 2. The first-order valence-corrected chi connectivity index (χ1v) is 4.78. The molecule has 0 N–H and O–H groups in total.